The summed E-state index contributed by atoms with van der Waals surface area (Å²) in [6.45, 7) is 2.36. The van der Waals surface area contributed by atoms with Gasteiger partial charge in [0.25, 0.3) is 0 Å². The van der Waals surface area contributed by atoms with E-state index in [1.54, 1.807) is 0 Å². The first-order chi connectivity index (χ1) is 9.37. The minimum atomic E-state index is -4.07. The molecule has 2 atom stereocenters. The molecule has 1 heterocycles. The van der Waals surface area contributed by atoms with Gasteiger partial charge in [0.15, 0.2) is 0 Å². The molecule has 2 rings (SSSR count). The van der Waals surface area contributed by atoms with E-state index in [2.05, 4.69) is 0 Å². The van der Waals surface area contributed by atoms with E-state index in [0.29, 0.717) is 6.42 Å². The van der Waals surface area contributed by atoms with Crippen molar-refractivity contribution in [3.8, 4) is 0 Å². The predicted octanol–water partition coefficient (Wildman–Crippen LogP) is 1.71. The summed E-state index contributed by atoms with van der Waals surface area (Å²) >= 11 is 0. The van der Waals surface area contributed by atoms with Gasteiger partial charge < -0.3 is 5.73 Å². The highest BCUT2D eigenvalue weighted by Crippen LogP contribution is 2.29. The highest BCUT2D eigenvalue weighted by Gasteiger charge is 2.37. The Kier molecular flexibility index (Phi) is 4.41. The third-order valence-corrected chi connectivity index (χ3v) is 5.73. The zero-order valence-corrected chi connectivity index (χ0v) is 12.0. The molecule has 0 spiro atoms. The molecular weight excluding hydrogens is 286 g/mol. The van der Waals surface area contributed by atoms with Gasteiger partial charge in [-0.3, -0.25) is 0 Å². The number of halogens is 2. The Morgan fingerprint density at radius 3 is 2.75 bits per heavy atom. The number of rotatable bonds is 3. The number of hydrogen-bond donors (Lipinski definition) is 1. The number of benzene rings is 1. The number of piperidine rings is 1. The molecule has 1 saturated heterocycles. The molecular formula is C13H18F2N2O2S. The molecule has 7 heteroatoms. The molecule has 20 heavy (non-hydrogen) atoms. The summed E-state index contributed by atoms with van der Waals surface area (Å²) in [4.78, 5) is -0.620. The average molecular weight is 304 g/mol. The van der Waals surface area contributed by atoms with Gasteiger partial charge in [0.2, 0.25) is 10.0 Å². The Bertz CT molecular complexity index is 592. The molecule has 112 valence electrons. The maximum atomic E-state index is 13.7. The SMILES string of the molecule is CC1CCCN(S(=O)(=O)c2cc(F)ccc2F)C1CN. The Morgan fingerprint density at radius 1 is 1.40 bits per heavy atom. The summed E-state index contributed by atoms with van der Waals surface area (Å²) in [7, 11) is -4.07. The average Bonchev–Trinajstić information content (AvgIpc) is 2.41. The van der Waals surface area contributed by atoms with Crippen molar-refractivity contribution in [2.45, 2.75) is 30.7 Å². The standard InChI is InChI=1S/C13H18F2N2O2S/c1-9-3-2-6-17(12(9)8-16)20(18,19)13-7-10(14)4-5-11(13)15/h4-5,7,9,12H,2-3,6,8,16H2,1H3. The Labute approximate surface area is 117 Å². The Hall–Kier alpha value is -1.05. The van der Waals surface area contributed by atoms with E-state index >= 15 is 0 Å². The fraction of sp³-hybridized carbons (Fsp3) is 0.538. The summed E-state index contributed by atoms with van der Waals surface area (Å²) in [6, 6.07) is 2.06. The lowest BCUT2D eigenvalue weighted by Crippen LogP contribution is -2.51. The van der Waals surface area contributed by atoms with Crippen molar-refractivity contribution >= 4 is 10.0 Å². The van der Waals surface area contributed by atoms with Gasteiger partial charge in [0.1, 0.15) is 16.5 Å². The fourth-order valence-electron chi connectivity index (χ4n) is 2.66. The molecule has 1 aliphatic rings. The van der Waals surface area contributed by atoms with Crippen molar-refractivity contribution < 1.29 is 17.2 Å². The van der Waals surface area contributed by atoms with Crippen LogP contribution in [0.4, 0.5) is 8.78 Å². The molecule has 1 fully saturated rings. The van der Waals surface area contributed by atoms with Crippen LogP contribution in [0.15, 0.2) is 23.1 Å². The van der Waals surface area contributed by atoms with Gasteiger partial charge in [0, 0.05) is 19.1 Å². The van der Waals surface area contributed by atoms with Crippen molar-refractivity contribution in [2.75, 3.05) is 13.1 Å². The molecule has 0 bridgehead atoms. The second-order valence-corrected chi connectivity index (χ2v) is 6.97. The van der Waals surface area contributed by atoms with Crippen LogP contribution in [0.1, 0.15) is 19.8 Å². The van der Waals surface area contributed by atoms with E-state index in [1.165, 1.54) is 4.31 Å². The number of nitrogens with two attached hydrogens (primary N) is 1. The van der Waals surface area contributed by atoms with Crippen LogP contribution in [0.5, 0.6) is 0 Å². The molecule has 1 aliphatic heterocycles. The third-order valence-electron chi connectivity index (χ3n) is 3.79. The van der Waals surface area contributed by atoms with Crippen molar-refractivity contribution in [1.29, 1.82) is 0 Å². The van der Waals surface area contributed by atoms with Gasteiger partial charge in [-0.25, -0.2) is 17.2 Å². The quantitative estimate of drug-likeness (QED) is 0.924. The first kappa shape index (κ1) is 15.3. The van der Waals surface area contributed by atoms with Crippen LogP contribution >= 0.6 is 0 Å². The zero-order chi connectivity index (χ0) is 14.9. The Balaban J connectivity index is 2.45. The van der Waals surface area contributed by atoms with Gasteiger partial charge in [-0.15, -0.1) is 0 Å². The molecule has 0 aliphatic carbocycles. The summed E-state index contributed by atoms with van der Waals surface area (Å²) in [5, 5.41) is 0. The minimum absolute atomic E-state index is 0.0974. The summed E-state index contributed by atoms with van der Waals surface area (Å²) < 4.78 is 53.3. The largest absolute Gasteiger partial charge is 0.329 e. The minimum Gasteiger partial charge on any atom is -0.329 e. The number of hydrogen-bond acceptors (Lipinski definition) is 3. The van der Waals surface area contributed by atoms with E-state index in [4.69, 9.17) is 5.73 Å². The molecule has 2 N–H and O–H groups in total. The molecule has 4 nitrogen and oxygen atoms in total. The van der Waals surface area contributed by atoms with E-state index < -0.39 is 26.6 Å². The molecule has 2 unspecified atom stereocenters. The van der Waals surface area contributed by atoms with Crippen LogP contribution in [0.3, 0.4) is 0 Å². The number of sulfonamides is 1. The molecule has 1 aromatic rings. The van der Waals surface area contributed by atoms with E-state index in [-0.39, 0.29) is 25.0 Å². The maximum Gasteiger partial charge on any atom is 0.246 e. The van der Waals surface area contributed by atoms with Crippen LogP contribution < -0.4 is 5.73 Å². The molecule has 0 aromatic heterocycles. The van der Waals surface area contributed by atoms with Gasteiger partial charge in [0.05, 0.1) is 0 Å². The first-order valence-electron chi connectivity index (χ1n) is 6.55. The van der Waals surface area contributed by atoms with E-state index in [1.807, 2.05) is 6.92 Å². The maximum absolute atomic E-state index is 13.7. The van der Waals surface area contributed by atoms with Crippen molar-refractivity contribution in [2.24, 2.45) is 11.7 Å². The highest BCUT2D eigenvalue weighted by molar-refractivity contribution is 7.89. The monoisotopic (exact) mass is 304 g/mol. The third kappa shape index (κ3) is 2.70. The van der Waals surface area contributed by atoms with E-state index in [9.17, 15) is 17.2 Å². The molecule has 1 aromatic carbocycles. The lowest BCUT2D eigenvalue weighted by molar-refractivity contribution is 0.192. The second-order valence-electron chi connectivity index (χ2n) is 5.11. The first-order valence-corrected chi connectivity index (χ1v) is 7.99. The zero-order valence-electron chi connectivity index (χ0n) is 11.2. The van der Waals surface area contributed by atoms with Crippen LogP contribution in [0.2, 0.25) is 0 Å². The smallest absolute Gasteiger partial charge is 0.246 e. The summed E-state index contributed by atoms with van der Waals surface area (Å²) in [5.74, 6) is -1.63. The van der Waals surface area contributed by atoms with Gasteiger partial charge in [-0.2, -0.15) is 4.31 Å². The van der Waals surface area contributed by atoms with Crippen molar-refractivity contribution in [3.05, 3.63) is 29.8 Å². The fourth-order valence-corrected chi connectivity index (χ4v) is 4.51. The highest BCUT2D eigenvalue weighted by atomic mass is 32.2. The van der Waals surface area contributed by atoms with Gasteiger partial charge in [-0.05, 0) is 37.0 Å². The van der Waals surface area contributed by atoms with Crippen LogP contribution in [0.25, 0.3) is 0 Å². The Morgan fingerprint density at radius 2 is 2.10 bits per heavy atom. The molecule has 0 radical (unpaired) electrons. The normalized spacial score (nSPS) is 24.8. The lowest BCUT2D eigenvalue weighted by atomic mass is 9.93. The number of nitrogens with zero attached hydrogens (tertiary/aromatic N) is 1. The van der Waals surface area contributed by atoms with Crippen LogP contribution in [-0.4, -0.2) is 31.9 Å². The second kappa shape index (κ2) is 5.75. The van der Waals surface area contributed by atoms with E-state index in [0.717, 1.165) is 24.6 Å². The van der Waals surface area contributed by atoms with Crippen LogP contribution in [0, 0.1) is 17.6 Å². The molecule has 0 saturated carbocycles. The van der Waals surface area contributed by atoms with Crippen molar-refractivity contribution in [3.63, 3.8) is 0 Å². The predicted molar refractivity (Wildman–Crippen MR) is 71.5 cm³/mol. The summed E-state index contributed by atoms with van der Waals surface area (Å²) in [5.41, 5.74) is 5.65. The lowest BCUT2D eigenvalue weighted by Gasteiger charge is -2.38. The van der Waals surface area contributed by atoms with Crippen LogP contribution in [-0.2, 0) is 10.0 Å². The van der Waals surface area contributed by atoms with Gasteiger partial charge >= 0.3 is 0 Å². The topological polar surface area (TPSA) is 63.4 Å². The van der Waals surface area contributed by atoms with Gasteiger partial charge in [-0.1, -0.05) is 6.92 Å². The molecule has 0 amide bonds. The summed E-state index contributed by atoms with van der Waals surface area (Å²) in [6.07, 6.45) is 1.56. The van der Waals surface area contributed by atoms with Crippen molar-refractivity contribution in [1.82, 2.24) is 4.31 Å².